The standard InChI is InChI=1S/C28H31FN2O3/c1-18-16-22(19(2)31(18)25-13-9-8-12-24(25)29)17-23-26(28(33)34-4)20(3)30(27(23)32)15-14-21-10-6-5-7-11-21/h8-10,12-13,16-17H,5-7,11,14-15H2,1-4H3. The second-order valence-corrected chi connectivity index (χ2v) is 8.94. The van der Waals surface area contributed by atoms with E-state index < -0.39 is 5.97 Å². The Bertz CT molecular complexity index is 1230. The number of para-hydroxylation sites is 1. The molecule has 2 aromatic rings. The maximum atomic E-state index is 14.5. The van der Waals surface area contributed by atoms with Crippen LogP contribution in [0.25, 0.3) is 11.8 Å². The van der Waals surface area contributed by atoms with Crippen molar-refractivity contribution in [3.63, 3.8) is 0 Å². The highest BCUT2D eigenvalue weighted by Crippen LogP contribution is 2.34. The zero-order valence-electron chi connectivity index (χ0n) is 20.3. The fraction of sp³-hybridized carbons (Fsp3) is 0.357. The van der Waals surface area contributed by atoms with Gasteiger partial charge in [-0.3, -0.25) is 4.79 Å². The SMILES string of the molecule is COC(=O)C1=C(C)N(CCC2=CCCCC2)C(=O)C1=Cc1cc(C)n(-c2ccccc2F)c1C. The van der Waals surface area contributed by atoms with E-state index in [4.69, 9.17) is 4.74 Å². The minimum absolute atomic E-state index is 0.204. The van der Waals surface area contributed by atoms with Gasteiger partial charge in [0.1, 0.15) is 5.82 Å². The molecule has 0 atom stereocenters. The molecule has 0 spiro atoms. The molecule has 4 rings (SSSR count). The molecule has 0 bridgehead atoms. The van der Waals surface area contributed by atoms with E-state index in [9.17, 15) is 14.0 Å². The third kappa shape index (κ3) is 4.37. The molecule has 34 heavy (non-hydrogen) atoms. The van der Waals surface area contributed by atoms with Gasteiger partial charge in [-0.2, -0.15) is 0 Å². The van der Waals surface area contributed by atoms with E-state index in [1.54, 1.807) is 36.1 Å². The van der Waals surface area contributed by atoms with Crippen molar-refractivity contribution in [3.05, 3.63) is 81.6 Å². The Hall–Kier alpha value is -3.41. The molecule has 6 heteroatoms. The van der Waals surface area contributed by atoms with Gasteiger partial charge in [0.25, 0.3) is 5.91 Å². The van der Waals surface area contributed by atoms with Crippen LogP contribution in [0.2, 0.25) is 0 Å². The normalized spacial score (nSPS) is 17.6. The van der Waals surface area contributed by atoms with Crippen molar-refractivity contribution >= 4 is 18.0 Å². The number of ether oxygens (including phenoxy) is 1. The van der Waals surface area contributed by atoms with Gasteiger partial charge in [-0.25, -0.2) is 9.18 Å². The summed E-state index contributed by atoms with van der Waals surface area (Å²) in [5, 5.41) is 0. The van der Waals surface area contributed by atoms with Crippen LogP contribution in [0.15, 0.2) is 58.8 Å². The van der Waals surface area contributed by atoms with Crippen LogP contribution in [0.5, 0.6) is 0 Å². The van der Waals surface area contributed by atoms with Crippen molar-refractivity contribution in [2.45, 2.75) is 52.9 Å². The number of amides is 1. The van der Waals surface area contributed by atoms with Crippen molar-refractivity contribution < 1.29 is 18.7 Å². The molecule has 5 nitrogen and oxygen atoms in total. The molecule has 1 aromatic heterocycles. The van der Waals surface area contributed by atoms with Gasteiger partial charge in [0, 0.05) is 23.6 Å². The summed E-state index contributed by atoms with van der Waals surface area (Å²) in [6.45, 7) is 6.10. The number of carbonyl (C=O) groups excluding carboxylic acids is 2. The predicted molar refractivity (Wildman–Crippen MR) is 131 cm³/mol. The van der Waals surface area contributed by atoms with E-state index in [0.717, 1.165) is 36.2 Å². The van der Waals surface area contributed by atoms with Gasteiger partial charge in [0.15, 0.2) is 0 Å². The van der Waals surface area contributed by atoms with E-state index in [-0.39, 0.29) is 11.7 Å². The third-order valence-electron chi connectivity index (χ3n) is 6.81. The molecular formula is C28H31FN2O3. The lowest BCUT2D eigenvalue weighted by Gasteiger charge is -2.20. The quantitative estimate of drug-likeness (QED) is 0.310. The van der Waals surface area contributed by atoms with Gasteiger partial charge in [0.05, 0.1) is 23.9 Å². The molecule has 0 unspecified atom stereocenters. The number of halogens is 1. The molecule has 2 heterocycles. The van der Waals surface area contributed by atoms with Crippen LogP contribution >= 0.6 is 0 Å². The zero-order valence-corrected chi connectivity index (χ0v) is 20.3. The minimum Gasteiger partial charge on any atom is -0.465 e. The first kappa shape index (κ1) is 23.7. The Morgan fingerprint density at radius 3 is 2.62 bits per heavy atom. The highest BCUT2D eigenvalue weighted by molar-refractivity contribution is 6.16. The van der Waals surface area contributed by atoms with Crippen LogP contribution in [-0.2, 0) is 14.3 Å². The average Bonchev–Trinajstić information content (AvgIpc) is 3.24. The maximum Gasteiger partial charge on any atom is 0.340 e. The number of aromatic nitrogens is 1. The zero-order chi connectivity index (χ0) is 24.4. The number of hydrogen-bond donors (Lipinski definition) is 0. The number of nitrogens with zero attached hydrogens (tertiary/aromatic N) is 2. The van der Waals surface area contributed by atoms with E-state index in [1.807, 2.05) is 24.5 Å². The van der Waals surface area contributed by atoms with E-state index in [0.29, 0.717) is 29.1 Å². The lowest BCUT2D eigenvalue weighted by atomic mass is 9.97. The van der Waals surface area contributed by atoms with E-state index in [2.05, 4.69) is 6.08 Å². The van der Waals surface area contributed by atoms with Gasteiger partial charge in [-0.1, -0.05) is 23.8 Å². The number of esters is 1. The summed E-state index contributed by atoms with van der Waals surface area (Å²) in [5.41, 5.74) is 5.42. The first-order valence-corrected chi connectivity index (χ1v) is 11.8. The van der Waals surface area contributed by atoms with Crippen LogP contribution < -0.4 is 0 Å². The summed E-state index contributed by atoms with van der Waals surface area (Å²) in [6, 6.07) is 8.49. The van der Waals surface area contributed by atoms with Crippen molar-refractivity contribution in [1.82, 2.24) is 9.47 Å². The third-order valence-corrected chi connectivity index (χ3v) is 6.81. The Kier molecular flexibility index (Phi) is 6.87. The van der Waals surface area contributed by atoms with Gasteiger partial charge in [0.2, 0.25) is 0 Å². The minimum atomic E-state index is -0.528. The first-order chi connectivity index (χ1) is 16.3. The van der Waals surface area contributed by atoms with Crippen molar-refractivity contribution in [2.24, 2.45) is 0 Å². The molecule has 2 aliphatic rings. The Morgan fingerprint density at radius 1 is 1.18 bits per heavy atom. The van der Waals surface area contributed by atoms with E-state index >= 15 is 0 Å². The fourth-order valence-electron chi connectivity index (χ4n) is 4.98. The van der Waals surface area contributed by atoms with Crippen LogP contribution in [0.4, 0.5) is 4.39 Å². The highest BCUT2D eigenvalue weighted by atomic mass is 19.1. The molecule has 0 N–H and O–H groups in total. The van der Waals surface area contributed by atoms with Crippen molar-refractivity contribution in [3.8, 4) is 5.69 Å². The topological polar surface area (TPSA) is 51.5 Å². The van der Waals surface area contributed by atoms with Gasteiger partial charge >= 0.3 is 5.97 Å². The number of hydrogen-bond acceptors (Lipinski definition) is 3. The Morgan fingerprint density at radius 2 is 1.94 bits per heavy atom. The lowest BCUT2D eigenvalue weighted by Crippen LogP contribution is -2.26. The second-order valence-electron chi connectivity index (χ2n) is 8.94. The molecule has 1 aliphatic carbocycles. The number of methoxy groups -OCH3 is 1. The number of rotatable bonds is 6. The first-order valence-electron chi connectivity index (χ1n) is 11.8. The predicted octanol–water partition coefficient (Wildman–Crippen LogP) is 5.80. The van der Waals surface area contributed by atoms with Crippen LogP contribution in [0, 0.1) is 19.7 Å². The monoisotopic (exact) mass is 462 g/mol. The summed E-state index contributed by atoms with van der Waals surface area (Å²) < 4.78 is 21.3. The fourth-order valence-corrected chi connectivity index (χ4v) is 4.98. The van der Waals surface area contributed by atoms with Crippen LogP contribution in [0.3, 0.4) is 0 Å². The Labute approximate surface area is 200 Å². The maximum absolute atomic E-state index is 14.5. The van der Waals surface area contributed by atoms with Gasteiger partial charge < -0.3 is 14.2 Å². The smallest absolute Gasteiger partial charge is 0.340 e. The van der Waals surface area contributed by atoms with Crippen molar-refractivity contribution in [1.29, 1.82) is 0 Å². The number of allylic oxidation sites excluding steroid dienone is 2. The van der Waals surface area contributed by atoms with Crippen LogP contribution in [-0.4, -0.2) is 35.0 Å². The number of carbonyl (C=O) groups is 2. The highest BCUT2D eigenvalue weighted by Gasteiger charge is 2.37. The molecule has 1 aliphatic heterocycles. The summed E-state index contributed by atoms with van der Waals surface area (Å²) in [5.74, 6) is -1.06. The molecule has 1 aromatic carbocycles. The lowest BCUT2D eigenvalue weighted by molar-refractivity contribution is -0.136. The molecule has 0 saturated heterocycles. The summed E-state index contributed by atoms with van der Waals surface area (Å²) in [4.78, 5) is 27.8. The largest absolute Gasteiger partial charge is 0.465 e. The molecule has 1 amide bonds. The van der Waals surface area contributed by atoms with Crippen LogP contribution in [0.1, 0.15) is 56.0 Å². The number of benzene rings is 1. The summed E-state index contributed by atoms with van der Waals surface area (Å²) in [6.07, 6.45) is 9.37. The molecule has 0 fully saturated rings. The Balaban J connectivity index is 1.71. The molecule has 0 saturated carbocycles. The van der Waals surface area contributed by atoms with Crippen molar-refractivity contribution in [2.75, 3.05) is 13.7 Å². The average molecular weight is 463 g/mol. The summed E-state index contributed by atoms with van der Waals surface area (Å²) in [7, 11) is 1.32. The second kappa shape index (κ2) is 9.84. The molecular weight excluding hydrogens is 431 g/mol. The van der Waals surface area contributed by atoms with Gasteiger partial charge in [-0.15, -0.1) is 0 Å². The van der Waals surface area contributed by atoms with Gasteiger partial charge in [-0.05, 0) is 82.7 Å². The number of aryl methyl sites for hydroxylation is 1. The molecule has 0 radical (unpaired) electrons. The van der Waals surface area contributed by atoms with E-state index in [1.165, 1.54) is 31.6 Å². The molecule has 178 valence electrons. The summed E-state index contributed by atoms with van der Waals surface area (Å²) >= 11 is 0.